The Balaban J connectivity index is 1.33. The van der Waals surface area contributed by atoms with Crippen LogP contribution < -0.4 is 15.2 Å². The maximum atomic E-state index is 15.2. The van der Waals surface area contributed by atoms with Crippen LogP contribution in [0.3, 0.4) is 0 Å². The first-order valence-electron chi connectivity index (χ1n) is 15.3. The van der Waals surface area contributed by atoms with Crippen molar-refractivity contribution in [2.24, 2.45) is 0 Å². The van der Waals surface area contributed by atoms with Crippen molar-refractivity contribution in [1.82, 2.24) is 10.2 Å². The molecular weight excluding hydrogens is 664 g/mol. The van der Waals surface area contributed by atoms with Crippen molar-refractivity contribution >= 4 is 68.3 Å². The third-order valence-corrected chi connectivity index (χ3v) is 11.6. The zero-order valence-electron chi connectivity index (χ0n) is 26.1. The van der Waals surface area contributed by atoms with Crippen LogP contribution in [0, 0.1) is 20.8 Å². The summed E-state index contributed by atoms with van der Waals surface area (Å²) in [7, 11) is 0. The molecule has 8 rings (SSSR count). The van der Waals surface area contributed by atoms with Gasteiger partial charge in [-0.15, -0.1) is 10.2 Å². The standard InChI is InChI=1S/C37H27ClN4O4S2/c1-20-8-4-5-9-24(20)18-41-28-11-7-6-10-27(28)37(34(41)45)30-31(43)26-16-21(2)22(3)17-29(26)46-32(30)33(44)42(37)35-39-40-36(48-35)47-19-23-12-14-25(38)15-13-23/h4-17H,18-19H2,1-3H3. The van der Waals surface area contributed by atoms with E-state index in [2.05, 4.69) is 10.2 Å². The van der Waals surface area contributed by atoms with Crippen LogP contribution in [0.5, 0.6) is 0 Å². The molecule has 1 spiro atoms. The molecule has 8 nitrogen and oxygen atoms in total. The molecular formula is C37H27ClN4O4S2. The molecule has 0 saturated carbocycles. The lowest BCUT2D eigenvalue weighted by Crippen LogP contribution is -2.53. The van der Waals surface area contributed by atoms with Crippen LogP contribution in [-0.2, 0) is 22.6 Å². The van der Waals surface area contributed by atoms with E-state index in [4.69, 9.17) is 16.0 Å². The van der Waals surface area contributed by atoms with Gasteiger partial charge in [-0.25, -0.2) is 0 Å². The first kappa shape index (κ1) is 30.6. The minimum Gasteiger partial charge on any atom is -0.450 e. The highest BCUT2D eigenvalue weighted by Crippen LogP contribution is 2.55. The molecule has 2 amide bonds. The number of benzene rings is 4. The molecule has 2 aromatic heterocycles. The van der Waals surface area contributed by atoms with Crippen LogP contribution in [0.15, 0.2) is 98.5 Å². The van der Waals surface area contributed by atoms with Crippen molar-refractivity contribution < 1.29 is 14.0 Å². The quantitative estimate of drug-likeness (QED) is 0.129. The fourth-order valence-electron chi connectivity index (χ4n) is 6.61. The summed E-state index contributed by atoms with van der Waals surface area (Å²) in [6, 6.07) is 26.2. The SMILES string of the molecule is Cc1cc2oc3c(c(=O)c2cc1C)C1(C(=O)N(Cc2ccccc2C)c2ccccc21)N(c1nnc(SCc2ccc(Cl)cc2)s1)C3=O. The van der Waals surface area contributed by atoms with Gasteiger partial charge in [0.05, 0.1) is 23.2 Å². The highest BCUT2D eigenvalue weighted by atomic mass is 35.5. The van der Waals surface area contributed by atoms with Crippen LogP contribution >= 0.6 is 34.7 Å². The van der Waals surface area contributed by atoms with Crippen molar-refractivity contribution in [2.75, 3.05) is 9.80 Å². The van der Waals surface area contributed by atoms with E-state index >= 15 is 4.79 Å². The van der Waals surface area contributed by atoms with Crippen LogP contribution in [0.4, 0.5) is 10.8 Å². The summed E-state index contributed by atoms with van der Waals surface area (Å²) in [5, 5.41) is 10.0. The molecule has 0 fully saturated rings. The van der Waals surface area contributed by atoms with Crippen molar-refractivity contribution in [1.29, 1.82) is 0 Å². The van der Waals surface area contributed by atoms with Crippen LogP contribution in [-0.4, -0.2) is 22.0 Å². The van der Waals surface area contributed by atoms with Gasteiger partial charge in [-0.3, -0.25) is 19.3 Å². The number of amides is 2. The van der Waals surface area contributed by atoms with E-state index in [1.807, 2.05) is 93.6 Å². The zero-order valence-corrected chi connectivity index (χ0v) is 28.5. The van der Waals surface area contributed by atoms with Gasteiger partial charge in [-0.1, -0.05) is 89.3 Å². The lowest BCUT2D eigenvalue weighted by Gasteiger charge is -2.32. The molecule has 4 heterocycles. The van der Waals surface area contributed by atoms with Crippen molar-refractivity contribution in [2.45, 2.75) is 42.9 Å². The van der Waals surface area contributed by atoms with Crippen LogP contribution in [0.1, 0.15) is 49.5 Å². The molecule has 4 aromatic carbocycles. The highest BCUT2D eigenvalue weighted by Gasteiger charge is 2.66. The van der Waals surface area contributed by atoms with Gasteiger partial charge in [0, 0.05) is 16.3 Å². The Morgan fingerprint density at radius 1 is 0.875 bits per heavy atom. The maximum absolute atomic E-state index is 15.2. The Bertz CT molecular complexity index is 2370. The van der Waals surface area contributed by atoms with E-state index < -0.39 is 22.8 Å². The molecule has 238 valence electrons. The van der Waals surface area contributed by atoms with Gasteiger partial charge < -0.3 is 9.32 Å². The fraction of sp³-hybridized carbons (Fsp3) is 0.162. The van der Waals surface area contributed by atoms with Crippen molar-refractivity contribution in [3.05, 3.63) is 145 Å². The number of hydrogen-bond acceptors (Lipinski definition) is 8. The predicted molar refractivity (Wildman–Crippen MR) is 189 cm³/mol. The molecule has 0 aliphatic carbocycles. The number of halogens is 1. The summed E-state index contributed by atoms with van der Waals surface area (Å²) in [5.74, 6) is -0.614. The minimum atomic E-state index is -1.85. The smallest absolute Gasteiger partial charge is 0.297 e. The topological polar surface area (TPSA) is 96.6 Å². The molecule has 0 saturated heterocycles. The Labute approximate surface area is 289 Å². The van der Waals surface area contributed by atoms with E-state index in [0.29, 0.717) is 37.3 Å². The number of fused-ring (bicyclic) bond motifs is 5. The average Bonchev–Trinajstić information content (AvgIpc) is 3.72. The summed E-state index contributed by atoms with van der Waals surface area (Å²) in [4.78, 5) is 47.6. The predicted octanol–water partition coefficient (Wildman–Crippen LogP) is 7.97. The Kier molecular flexibility index (Phi) is 7.28. The Hall–Kier alpha value is -4.77. The first-order chi connectivity index (χ1) is 23.2. The molecule has 11 heteroatoms. The summed E-state index contributed by atoms with van der Waals surface area (Å²) < 4.78 is 6.91. The van der Waals surface area contributed by atoms with Gasteiger partial charge >= 0.3 is 0 Å². The lowest BCUT2D eigenvalue weighted by molar-refractivity contribution is -0.121. The number of aromatic nitrogens is 2. The third-order valence-electron chi connectivity index (χ3n) is 9.19. The van der Waals surface area contributed by atoms with E-state index in [0.717, 1.165) is 27.8 Å². The van der Waals surface area contributed by atoms with E-state index in [1.54, 1.807) is 17.0 Å². The number of thioether (sulfide) groups is 1. The molecule has 0 N–H and O–H groups in total. The number of carbonyl (C=O) groups is 2. The first-order valence-corrected chi connectivity index (χ1v) is 17.5. The number of hydrogen-bond donors (Lipinski definition) is 0. The van der Waals surface area contributed by atoms with Crippen molar-refractivity contribution in [3.8, 4) is 0 Å². The molecule has 0 radical (unpaired) electrons. The average molecular weight is 691 g/mol. The number of carbonyl (C=O) groups excluding carboxylic acids is 2. The van der Waals surface area contributed by atoms with Gasteiger partial charge in [0.15, 0.2) is 15.3 Å². The van der Waals surface area contributed by atoms with E-state index in [-0.39, 0.29) is 23.0 Å². The maximum Gasteiger partial charge on any atom is 0.297 e. The number of nitrogens with zero attached hydrogens (tertiary/aromatic N) is 4. The van der Waals surface area contributed by atoms with Gasteiger partial charge in [-0.05, 0) is 78.9 Å². The molecule has 6 aromatic rings. The number of anilines is 2. The number of para-hydroxylation sites is 1. The zero-order chi connectivity index (χ0) is 33.3. The molecule has 48 heavy (non-hydrogen) atoms. The monoisotopic (exact) mass is 690 g/mol. The lowest BCUT2D eigenvalue weighted by atomic mass is 9.84. The number of aryl methyl sites for hydroxylation is 3. The van der Waals surface area contributed by atoms with Gasteiger partial charge in [0.25, 0.3) is 11.8 Å². The number of rotatable bonds is 6. The third kappa shape index (κ3) is 4.54. The molecule has 1 unspecified atom stereocenters. The second kappa shape index (κ2) is 11.4. The van der Waals surface area contributed by atoms with Gasteiger partial charge in [0.1, 0.15) is 5.58 Å². The van der Waals surface area contributed by atoms with E-state index in [1.165, 1.54) is 28.0 Å². The van der Waals surface area contributed by atoms with Gasteiger partial charge in [0.2, 0.25) is 10.9 Å². The van der Waals surface area contributed by atoms with Gasteiger partial charge in [-0.2, -0.15) is 0 Å². The summed E-state index contributed by atoms with van der Waals surface area (Å²) >= 11 is 8.71. The summed E-state index contributed by atoms with van der Waals surface area (Å²) in [5.41, 5.74) is 3.96. The second-order valence-electron chi connectivity index (χ2n) is 12.0. The second-order valence-corrected chi connectivity index (χ2v) is 14.6. The molecule has 1 atom stereocenters. The highest BCUT2D eigenvalue weighted by molar-refractivity contribution is 8.00. The fourth-order valence-corrected chi connectivity index (χ4v) is 8.58. The molecule has 2 aliphatic heterocycles. The Morgan fingerprint density at radius 2 is 1.60 bits per heavy atom. The summed E-state index contributed by atoms with van der Waals surface area (Å²) in [6.45, 7) is 6.08. The minimum absolute atomic E-state index is 0.00134. The van der Waals surface area contributed by atoms with E-state index in [9.17, 15) is 9.59 Å². The van der Waals surface area contributed by atoms with Crippen LogP contribution in [0.2, 0.25) is 5.02 Å². The largest absolute Gasteiger partial charge is 0.450 e. The van der Waals surface area contributed by atoms with Crippen LogP contribution in [0.25, 0.3) is 11.0 Å². The molecule has 0 bridgehead atoms. The molecule has 2 aliphatic rings. The van der Waals surface area contributed by atoms with Crippen molar-refractivity contribution in [3.63, 3.8) is 0 Å². The Morgan fingerprint density at radius 3 is 2.40 bits per heavy atom. The summed E-state index contributed by atoms with van der Waals surface area (Å²) in [6.07, 6.45) is 0. The normalized spacial score (nSPS) is 16.8.